The molecule has 564 valence electrons. The van der Waals surface area contributed by atoms with Gasteiger partial charge in [-0.3, -0.25) is 37.3 Å². The van der Waals surface area contributed by atoms with E-state index in [1.165, 1.54) is 225 Å². The first kappa shape index (κ1) is 93.1. The summed E-state index contributed by atoms with van der Waals surface area (Å²) in [6.45, 7) is 7.31. The van der Waals surface area contributed by atoms with Crippen molar-refractivity contribution < 1.29 is 80.2 Å². The summed E-state index contributed by atoms with van der Waals surface area (Å²) >= 11 is 0. The standard InChI is InChI=1S/C76H148O17P2/c1-6-9-12-15-18-21-24-27-30-35-40-45-50-55-60-74(79)87-66-72(93-76(81)62-57-52-47-42-37-32-33-38-43-48-53-58-69(4)5)68-91-95(84,85)89-64-70(77)63-88-94(82,83)90-67-71(65-86-73(78)59-54-49-44-39-34-29-26-23-20-17-14-11-8-3)92-75(80)61-56-51-46-41-36-31-28-25-22-19-16-13-10-7-2/h69-72,77H,6-68H2,1-5H3,(H,82,83)(H,84,85)/t70-,71+,72+/m0/s1. The molecule has 0 radical (unpaired) electrons. The average Bonchev–Trinajstić information content (AvgIpc) is 2.02. The van der Waals surface area contributed by atoms with Crippen molar-refractivity contribution in [3.63, 3.8) is 0 Å². The number of carbonyl (C=O) groups excluding carboxylic acids is 4. The van der Waals surface area contributed by atoms with Crippen LogP contribution >= 0.6 is 15.6 Å². The van der Waals surface area contributed by atoms with Crippen LogP contribution in [0.1, 0.15) is 401 Å². The Hall–Kier alpha value is -1.94. The van der Waals surface area contributed by atoms with Gasteiger partial charge in [0.05, 0.1) is 26.4 Å². The van der Waals surface area contributed by atoms with Gasteiger partial charge in [-0.05, 0) is 31.6 Å². The van der Waals surface area contributed by atoms with E-state index in [2.05, 4.69) is 34.6 Å². The van der Waals surface area contributed by atoms with Gasteiger partial charge in [0.15, 0.2) is 12.2 Å². The second-order valence-electron chi connectivity index (χ2n) is 27.9. The van der Waals surface area contributed by atoms with Crippen molar-refractivity contribution in [3.05, 3.63) is 0 Å². The van der Waals surface area contributed by atoms with Crippen LogP contribution in [0.25, 0.3) is 0 Å². The van der Waals surface area contributed by atoms with E-state index < -0.39 is 97.5 Å². The van der Waals surface area contributed by atoms with E-state index in [4.69, 9.17) is 37.0 Å². The number of carbonyl (C=O) groups is 4. The Bertz CT molecular complexity index is 1820. The van der Waals surface area contributed by atoms with Gasteiger partial charge in [0.25, 0.3) is 0 Å². The lowest BCUT2D eigenvalue weighted by atomic mass is 10.0. The Labute approximate surface area is 581 Å². The lowest BCUT2D eigenvalue weighted by Gasteiger charge is -2.21. The summed E-state index contributed by atoms with van der Waals surface area (Å²) in [5.74, 6) is -1.34. The molecule has 3 N–H and O–H groups in total. The van der Waals surface area contributed by atoms with Gasteiger partial charge in [-0.25, -0.2) is 9.13 Å². The summed E-state index contributed by atoms with van der Waals surface area (Å²) in [7, 11) is -9.91. The molecule has 0 aromatic carbocycles. The normalized spacial score (nSPS) is 13.9. The highest BCUT2D eigenvalue weighted by atomic mass is 31.2. The minimum Gasteiger partial charge on any atom is -0.462 e. The first-order valence-electron chi connectivity index (χ1n) is 39.6. The Morgan fingerprint density at radius 2 is 0.484 bits per heavy atom. The van der Waals surface area contributed by atoms with E-state index in [-0.39, 0.29) is 25.7 Å². The second kappa shape index (κ2) is 69.2. The van der Waals surface area contributed by atoms with Gasteiger partial charge in [-0.1, -0.05) is 349 Å². The fourth-order valence-corrected chi connectivity index (χ4v) is 13.3. The van der Waals surface area contributed by atoms with Gasteiger partial charge in [0, 0.05) is 25.7 Å². The third kappa shape index (κ3) is 70.3. The first-order chi connectivity index (χ1) is 46.0. The number of aliphatic hydroxyl groups excluding tert-OH is 1. The molecular formula is C76H148O17P2. The zero-order chi connectivity index (χ0) is 69.8. The molecule has 17 nitrogen and oxygen atoms in total. The molecule has 0 saturated heterocycles. The Morgan fingerprint density at radius 1 is 0.284 bits per heavy atom. The van der Waals surface area contributed by atoms with Crippen LogP contribution in [0.4, 0.5) is 0 Å². The van der Waals surface area contributed by atoms with E-state index in [9.17, 15) is 43.2 Å². The molecule has 0 bridgehead atoms. The number of phosphoric ester groups is 2. The molecule has 0 aromatic heterocycles. The van der Waals surface area contributed by atoms with Crippen LogP contribution in [0.2, 0.25) is 0 Å². The van der Waals surface area contributed by atoms with Crippen molar-refractivity contribution in [2.45, 2.75) is 419 Å². The molecule has 0 aliphatic rings. The lowest BCUT2D eigenvalue weighted by molar-refractivity contribution is -0.161. The predicted molar refractivity (Wildman–Crippen MR) is 386 cm³/mol. The maximum Gasteiger partial charge on any atom is 0.472 e. The molecule has 0 amide bonds. The van der Waals surface area contributed by atoms with E-state index in [1.807, 2.05) is 0 Å². The number of rotatable bonds is 76. The monoisotopic (exact) mass is 1400 g/mol. The largest absolute Gasteiger partial charge is 0.472 e. The van der Waals surface area contributed by atoms with Crippen molar-refractivity contribution in [2.24, 2.45) is 5.92 Å². The topological polar surface area (TPSA) is 237 Å². The highest BCUT2D eigenvalue weighted by molar-refractivity contribution is 7.47. The molecule has 95 heavy (non-hydrogen) atoms. The summed E-state index contributed by atoms with van der Waals surface area (Å²) in [4.78, 5) is 72.9. The molecule has 0 rings (SSSR count). The molecule has 0 saturated carbocycles. The quantitative estimate of drug-likeness (QED) is 0.0222. The number of hydrogen-bond donors (Lipinski definition) is 3. The Balaban J connectivity index is 5.27. The van der Waals surface area contributed by atoms with E-state index in [1.54, 1.807) is 0 Å². The smallest absolute Gasteiger partial charge is 0.462 e. The molecule has 5 atom stereocenters. The minimum absolute atomic E-state index is 0.107. The van der Waals surface area contributed by atoms with Crippen molar-refractivity contribution in [2.75, 3.05) is 39.6 Å². The lowest BCUT2D eigenvalue weighted by Crippen LogP contribution is -2.30. The van der Waals surface area contributed by atoms with Gasteiger partial charge in [0.1, 0.15) is 19.3 Å². The molecule has 0 aromatic rings. The van der Waals surface area contributed by atoms with Crippen LogP contribution in [0, 0.1) is 5.92 Å². The fourth-order valence-electron chi connectivity index (χ4n) is 11.7. The predicted octanol–water partition coefficient (Wildman–Crippen LogP) is 22.5. The number of ether oxygens (including phenoxy) is 4. The summed E-state index contributed by atoms with van der Waals surface area (Å²) in [5, 5.41) is 10.6. The zero-order valence-corrected chi connectivity index (χ0v) is 63.6. The van der Waals surface area contributed by atoms with Crippen molar-refractivity contribution in [1.29, 1.82) is 0 Å². The number of hydrogen-bond acceptors (Lipinski definition) is 15. The highest BCUT2D eigenvalue weighted by Crippen LogP contribution is 2.45. The van der Waals surface area contributed by atoms with Gasteiger partial charge >= 0.3 is 39.5 Å². The maximum atomic E-state index is 13.1. The van der Waals surface area contributed by atoms with Crippen molar-refractivity contribution in [1.82, 2.24) is 0 Å². The molecule has 0 aliphatic carbocycles. The summed E-state index contributed by atoms with van der Waals surface area (Å²) in [5.41, 5.74) is 0. The zero-order valence-electron chi connectivity index (χ0n) is 61.8. The third-order valence-corrected chi connectivity index (χ3v) is 19.7. The molecule has 0 fully saturated rings. The second-order valence-corrected chi connectivity index (χ2v) is 30.8. The molecular weight excluding hydrogens is 1250 g/mol. The molecule has 19 heteroatoms. The minimum atomic E-state index is -4.96. The number of phosphoric acid groups is 2. The van der Waals surface area contributed by atoms with E-state index in [0.29, 0.717) is 25.7 Å². The SMILES string of the molecule is CCCCCCCCCCCCCCCCC(=O)OC[C@H](COP(=O)(O)OC[C@@H](O)COP(=O)(O)OC[C@@H](COC(=O)CCCCCCCCCCCCCCC)OC(=O)CCCCCCCCCCCCCCCC)OC(=O)CCCCCCCCCCCCCC(C)C. The van der Waals surface area contributed by atoms with Crippen LogP contribution in [0.3, 0.4) is 0 Å². The van der Waals surface area contributed by atoms with E-state index in [0.717, 1.165) is 95.8 Å². The number of aliphatic hydroxyl groups is 1. The average molecular weight is 1400 g/mol. The molecule has 2 unspecified atom stereocenters. The van der Waals surface area contributed by atoms with Crippen LogP contribution in [-0.4, -0.2) is 96.7 Å². The highest BCUT2D eigenvalue weighted by Gasteiger charge is 2.30. The van der Waals surface area contributed by atoms with E-state index >= 15 is 0 Å². The summed E-state index contributed by atoms with van der Waals surface area (Å²) in [6.07, 6.45) is 58.0. The van der Waals surface area contributed by atoms with Crippen LogP contribution in [0.5, 0.6) is 0 Å². The number of unbranched alkanes of at least 4 members (excludes halogenated alkanes) is 48. The molecule has 0 aliphatic heterocycles. The summed E-state index contributed by atoms with van der Waals surface area (Å²) in [6, 6.07) is 0. The van der Waals surface area contributed by atoms with Gasteiger partial charge in [-0.15, -0.1) is 0 Å². The van der Waals surface area contributed by atoms with Gasteiger partial charge < -0.3 is 33.8 Å². The molecule has 0 heterocycles. The Morgan fingerprint density at radius 3 is 0.716 bits per heavy atom. The van der Waals surface area contributed by atoms with Crippen LogP contribution in [-0.2, 0) is 65.4 Å². The fraction of sp³-hybridized carbons (Fsp3) is 0.947. The summed E-state index contributed by atoms with van der Waals surface area (Å²) < 4.78 is 68.6. The van der Waals surface area contributed by atoms with Crippen molar-refractivity contribution >= 4 is 39.5 Å². The van der Waals surface area contributed by atoms with Gasteiger partial charge in [-0.2, -0.15) is 0 Å². The Kier molecular flexibility index (Phi) is 67.7. The van der Waals surface area contributed by atoms with Crippen LogP contribution < -0.4 is 0 Å². The maximum absolute atomic E-state index is 13.1. The molecule has 0 spiro atoms. The first-order valence-corrected chi connectivity index (χ1v) is 42.6. The van der Waals surface area contributed by atoms with Crippen LogP contribution in [0.15, 0.2) is 0 Å². The third-order valence-electron chi connectivity index (χ3n) is 17.8. The van der Waals surface area contributed by atoms with Gasteiger partial charge in [0.2, 0.25) is 0 Å². The number of esters is 4. The van der Waals surface area contributed by atoms with Crippen molar-refractivity contribution in [3.8, 4) is 0 Å².